The topological polar surface area (TPSA) is 157 Å². The van der Waals surface area contributed by atoms with Crippen molar-refractivity contribution in [1.82, 2.24) is 15.5 Å². The van der Waals surface area contributed by atoms with Crippen molar-refractivity contribution in [3.63, 3.8) is 0 Å². The van der Waals surface area contributed by atoms with Crippen molar-refractivity contribution in [2.24, 2.45) is 11.7 Å². The molecule has 31 heavy (non-hydrogen) atoms. The number of thiol groups is 2. The van der Waals surface area contributed by atoms with Gasteiger partial charge in [-0.1, -0.05) is 6.92 Å². The maximum atomic E-state index is 12.7. The smallest absolute Gasteiger partial charge is 0.410 e. The number of rotatable bonds is 8. The number of nitrogens with one attached hydrogen (secondary N) is 2. The van der Waals surface area contributed by atoms with Crippen LogP contribution in [-0.2, 0) is 16.1 Å². The third-order valence-corrected chi connectivity index (χ3v) is 6.08. The molecule has 0 saturated carbocycles. The number of nitro benzene ring substituents is 1. The molecule has 4 amide bonds. The molecule has 11 nitrogen and oxygen atoms in total. The molecule has 1 aromatic rings. The summed E-state index contributed by atoms with van der Waals surface area (Å²) < 4.78 is 5.36. The molecule has 0 bridgehead atoms. The van der Waals surface area contributed by atoms with E-state index in [1.165, 1.54) is 29.2 Å². The van der Waals surface area contributed by atoms with Gasteiger partial charge in [-0.15, -0.1) is 0 Å². The molecule has 4 atom stereocenters. The molecular weight excluding hydrogens is 446 g/mol. The second-order valence-corrected chi connectivity index (χ2v) is 8.45. The van der Waals surface area contributed by atoms with Crippen LogP contribution in [0.3, 0.4) is 0 Å². The number of nitro groups is 1. The Morgan fingerprint density at radius 3 is 2.55 bits per heavy atom. The number of urea groups is 1. The van der Waals surface area contributed by atoms with Crippen molar-refractivity contribution in [3.05, 3.63) is 39.9 Å². The largest absolute Gasteiger partial charge is 0.445 e. The van der Waals surface area contributed by atoms with E-state index in [2.05, 4.69) is 35.9 Å². The van der Waals surface area contributed by atoms with E-state index in [4.69, 9.17) is 10.5 Å². The van der Waals surface area contributed by atoms with Gasteiger partial charge in [0.05, 0.1) is 11.6 Å². The molecule has 0 spiro atoms. The molecule has 1 fully saturated rings. The lowest BCUT2D eigenvalue weighted by atomic mass is 9.98. The van der Waals surface area contributed by atoms with Gasteiger partial charge < -0.3 is 26.0 Å². The Bertz CT molecular complexity index is 824. The van der Waals surface area contributed by atoms with E-state index in [0.29, 0.717) is 18.5 Å². The maximum absolute atomic E-state index is 12.7. The van der Waals surface area contributed by atoms with Crippen LogP contribution >= 0.6 is 25.3 Å². The Morgan fingerprint density at radius 1 is 1.32 bits per heavy atom. The number of hydrogen-bond donors (Lipinski definition) is 5. The minimum absolute atomic E-state index is 0.0520. The van der Waals surface area contributed by atoms with Gasteiger partial charge >= 0.3 is 12.1 Å². The van der Waals surface area contributed by atoms with Crippen LogP contribution in [0, 0.1) is 16.0 Å². The fourth-order valence-corrected chi connectivity index (χ4v) is 4.00. The zero-order valence-corrected chi connectivity index (χ0v) is 18.6. The van der Waals surface area contributed by atoms with Crippen molar-refractivity contribution >= 4 is 49.0 Å². The number of carbonyl (C=O) groups is 3. The fourth-order valence-electron chi connectivity index (χ4n) is 3.19. The van der Waals surface area contributed by atoms with E-state index in [-0.39, 0.29) is 36.2 Å². The van der Waals surface area contributed by atoms with Crippen molar-refractivity contribution < 1.29 is 24.0 Å². The summed E-state index contributed by atoms with van der Waals surface area (Å²) >= 11 is 9.02. The van der Waals surface area contributed by atoms with Gasteiger partial charge in [0.25, 0.3) is 5.69 Å². The van der Waals surface area contributed by atoms with E-state index in [9.17, 15) is 24.5 Å². The summed E-state index contributed by atoms with van der Waals surface area (Å²) in [7, 11) is 0. The number of likely N-dealkylation sites (tertiary alicyclic amines) is 1. The van der Waals surface area contributed by atoms with Crippen LogP contribution in [0.4, 0.5) is 15.3 Å². The minimum atomic E-state index is -0.758. The van der Waals surface area contributed by atoms with Gasteiger partial charge in [0.1, 0.15) is 6.61 Å². The van der Waals surface area contributed by atoms with Crippen LogP contribution in [-0.4, -0.2) is 57.6 Å². The third kappa shape index (κ3) is 6.92. The van der Waals surface area contributed by atoms with Gasteiger partial charge in [-0.25, -0.2) is 9.59 Å². The first kappa shape index (κ1) is 24.6. The highest BCUT2D eigenvalue weighted by Gasteiger charge is 2.41. The molecule has 1 heterocycles. The number of primary amides is 1. The highest BCUT2D eigenvalue weighted by Crippen LogP contribution is 2.31. The molecule has 0 aliphatic carbocycles. The van der Waals surface area contributed by atoms with E-state index in [1.54, 1.807) is 6.92 Å². The van der Waals surface area contributed by atoms with Crippen molar-refractivity contribution in [3.8, 4) is 0 Å². The maximum Gasteiger partial charge on any atom is 0.410 e. The normalized spacial score (nSPS) is 19.9. The van der Waals surface area contributed by atoms with E-state index in [0.717, 1.165) is 0 Å². The molecule has 1 saturated heterocycles. The molecule has 0 radical (unpaired) electrons. The standard InChI is InChI=1S/C18H25N5O6S2/c1-10(16(24)20-9-21-17(19)25)15(31)14-6-13(30)7-22(14)18(26)29-8-11-2-4-12(5-3-11)23(27)28/h2-5,10,13-15,30-31H,6-9H2,1H3,(H,20,24)(H3,19,21,25)/t10?,13-,14+,15?/m1/s1. The second kappa shape index (κ2) is 11.1. The highest BCUT2D eigenvalue weighted by atomic mass is 32.1. The number of nitrogens with two attached hydrogens (primary N) is 1. The molecular formula is C18H25N5O6S2. The van der Waals surface area contributed by atoms with Crippen LogP contribution in [0.25, 0.3) is 0 Å². The quantitative estimate of drug-likeness (QED) is 0.166. The van der Waals surface area contributed by atoms with Gasteiger partial charge in [-0.3, -0.25) is 14.9 Å². The van der Waals surface area contributed by atoms with Crippen LogP contribution < -0.4 is 16.4 Å². The number of carbonyl (C=O) groups excluding carboxylic acids is 3. The van der Waals surface area contributed by atoms with E-state index >= 15 is 0 Å². The summed E-state index contributed by atoms with van der Waals surface area (Å²) in [6, 6.07) is 4.56. The Morgan fingerprint density at radius 2 is 1.97 bits per heavy atom. The Balaban J connectivity index is 1.95. The van der Waals surface area contributed by atoms with Gasteiger partial charge in [-0.2, -0.15) is 25.3 Å². The van der Waals surface area contributed by atoms with Crippen molar-refractivity contribution in [2.45, 2.75) is 36.5 Å². The van der Waals surface area contributed by atoms with E-state index < -0.39 is 28.2 Å². The SMILES string of the molecule is CC(C(=O)NCNC(N)=O)C(S)[C@@H]1C[C@@H](S)CN1C(=O)OCc1ccc([N+](=O)[O-])cc1. The van der Waals surface area contributed by atoms with Gasteiger partial charge in [0.15, 0.2) is 0 Å². The number of benzene rings is 1. The lowest BCUT2D eigenvalue weighted by Crippen LogP contribution is -2.48. The lowest BCUT2D eigenvalue weighted by Gasteiger charge is -2.31. The van der Waals surface area contributed by atoms with Crippen LogP contribution in [0.5, 0.6) is 0 Å². The van der Waals surface area contributed by atoms with Crippen molar-refractivity contribution in [1.29, 1.82) is 0 Å². The molecule has 170 valence electrons. The second-order valence-electron chi connectivity index (χ2n) is 7.13. The molecule has 1 aromatic carbocycles. The number of amides is 4. The Kier molecular flexibility index (Phi) is 8.80. The van der Waals surface area contributed by atoms with Crippen LogP contribution in [0.1, 0.15) is 18.9 Å². The average Bonchev–Trinajstić information content (AvgIpc) is 3.12. The summed E-state index contributed by atoms with van der Waals surface area (Å²) in [6.45, 7) is 1.84. The van der Waals surface area contributed by atoms with Gasteiger partial charge in [-0.05, 0) is 24.1 Å². The number of hydrogen-bond acceptors (Lipinski definition) is 8. The van der Waals surface area contributed by atoms with Gasteiger partial charge in [0.2, 0.25) is 5.91 Å². The zero-order chi connectivity index (χ0) is 23.1. The fraction of sp³-hybridized carbons (Fsp3) is 0.500. The predicted octanol–water partition coefficient (Wildman–Crippen LogP) is 1.28. The molecule has 13 heteroatoms. The highest BCUT2D eigenvalue weighted by molar-refractivity contribution is 7.81. The lowest BCUT2D eigenvalue weighted by molar-refractivity contribution is -0.384. The Hall–Kier alpha value is -2.67. The molecule has 1 aliphatic rings. The minimum Gasteiger partial charge on any atom is -0.445 e. The number of non-ortho nitro benzene ring substituents is 1. The predicted molar refractivity (Wildman–Crippen MR) is 119 cm³/mol. The first-order chi connectivity index (χ1) is 14.6. The summed E-state index contributed by atoms with van der Waals surface area (Å²) in [5.74, 6) is -0.929. The summed E-state index contributed by atoms with van der Waals surface area (Å²) in [5, 5.41) is 14.9. The molecule has 4 N–H and O–H groups in total. The first-order valence-electron chi connectivity index (χ1n) is 9.44. The molecule has 2 rings (SSSR count). The zero-order valence-electron chi connectivity index (χ0n) is 16.8. The molecule has 2 unspecified atom stereocenters. The molecule has 1 aliphatic heterocycles. The number of ether oxygens (including phenoxy) is 1. The van der Waals surface area contributed by atoms with Crippen LogP contribution in [0.15, 0.2) is 24.3 Å². The summed E-state index contributed by atoms with van der Waals surface area (Å²) in [4.78, 5) is 47.4. The van der Waals surface area contributed by atoms with Crippen molar-refractivity contribution in [2.75, 3.05) is 13.2 Å². The monoisotopic (exact) mass is 471 g/mol. The molecule has 0 aromatic heterocycles. The average molecular weight is 472 g/mol. The number of nitrogens with zero attached hydrogens (tertiary/aromatic N) is 2. The van der Waals surface area contributed by atoms with Gasteiger partial charge in [0, 0.05) is 41.1 Å². The van der Waals surface area contributed by atoms with E-state index in [1.807, 2.05) is 0 Å². The third-order valence-electron chi connectivity index (χ3n) is 4.91. The summed E-state index contributed by atoms with van der Waals surface area (Å²) in [5.41, 5.74) is 5.51. The summed E-state index contributed by atoms with van der Waals surface area (Å²) in [6.07, 6.45) is -0.0527. The Labute approximate surface area is 190 Å². The van der Waals surface area contributed by atoms with Crippen LogP contribution in [0.2, 0.25) is 0 Å². The first-order valence-corrected chi connectivity index (χ1v) is 10.5.